The maximum Gasteiger partial charge on any atom is 0.265 e. The second-order valence-electron chi connectivity index (χ2n) is 5.62. The van der Waals surface area contributed by atoms with Crippen LogP contribution in [0.3, 0.4) is 0 Å². The van der Waals surface area contributed by atoms with E-state index in [9.17, 15) is 9.59 Å². The lowest BCUT2D eigenvalue weighted by Crippen LogP contribution is -2.24. The van der Waals surface area contributed by atoms with Crippen molar-refractivity contribution >= 4 is 22.5 Å². The highest BCUT2D eigenvalue weighted by molar-refractivity contribution is 5.94. The van der Waals surface area contributed by atoms with Gasteiger partial charge in [0, 0.05) is 25.1 Å². The van der Waals surface area contributed by atoms with E-state index in [-0.39, 0.29) is 11.5 Å². The summed E-state index contributed by atoms with van der Waals surface area (Å²) in [6.07, 6.45) is 4.88. The molecular weight excluding hydrogens is 316 g/mol. The van der Waals surface area contributed by atoms with Crippen molar-refractivity contribution in [3.05, 3.63) is 88.6 Å². The summed E-state index contributed by atoms with van der Waals surface area (Å²) in [5.41, 5.74) is 2.32. The number of benzene rings is 1. The minimum Gasteiger partial charge on any atom is -0.348 e. The third-order valence-corrected chi connectivity index (χ3v) is 3.98. The van der Waals surface area contributed by atoms with Crippen molar-refractivity contribution in [1.29, 1.82) is 0 Å². The molecule has 4 rings (SSSR count). The Hall–Kier alpha value is -3.54. The number of nitrogens with zero attached hydrogens (tertiary/aromatic N) is 3. The first-order valence-electron chi connectivity index (χ1n) is 7.81. The Labute approximate surface area is 142 Å². The molecule has 0 atom stereocenters. The van der Waals surface area contributed by atoms with Crippen molar-refractivity contribution in [2.45, 2.75) is 6.54 Å². The lowest BCUT2D eigenvalue weighted by Gasteiger charge is -2.08. The Morgan fingerprint density at radius 2 is 1.84 bits per heavy atom. The Balaban J connectivity index is 1.68. The summed E-state index contributed by atoms with van der Waals surface area (Å²) in [7, 11) is 0. The topological polar surface area (TPSA) is 76.4 Å². The number of hydrogen-bond acceptors (Lipinski definition) is 4. The number of carbonyl (C=O) groups excluding carboxylic acids is 1. The largest absolute Gasteiger partial charge is 0.348 e. The molecule has 0 saturated carbocycles. The van der Waals surface area contributed by atoms with Gasteiger partial charge in [-0.05, 0) is 42.0 Å². The van der Waals surface area contributed by atoms with Crippen LogP contribution in [0.15, 0.2) is 71.9 Å². The second-order valence-corrected chi connectivity index (χ2v) is 5.62. The molecule has 0 spiro atoms. The molecule has 0 fully saturated rings. The lowest BCUT2D eigenvalue weighted by atomic mass is 10.2. The summed E-state index contributed by atoms with van der Waals surface area (Å²) in [5, 5.41) is 3.36. The normalized spacial score (nSPS) is 10.9. The molecule has 4 aromatic rings. The van der Waals surface area contributed by atoms with E-state index in [0.717, 1.165) is 5.56 Å². The van der Waals surface area contributed by atoms with Crippen LogP contribution in [0.4, 0.5) is 0 Å². The maximum atomic E-state index is 12.6. The SMILES string of the molecule is O=C(NCc1ccncc1)c1ccc2nc3ccccc3c(=O)n2c1. The minimum atomic E-state index is -0.251. The van der Waals surface area contributed by atoms with Crippen molar-refractivity contribution in [2.75, 3.05) is 0 Å². The van der Waals surface area contributed by atoms with Gasteiger partial charge in [-0.2, -0.15) is 0 Å². The fraction of sp³-hybridized carbons (Fsp3) is 0.0526. The van der Waals surface area contributed by atoms with Gasteiger partial charge in [0.05, 0.1) is 16.5 Å². The first-order valence-corrected chi connectivity index (χ1v) is 7.81. The number of pyridine rings is 2. The first kappa shape index (κ1) is 15.0. The van der Waals surface area contributed by atoms with Crippen molar-refractivity contribution in [2.24, 2.45) is 0 Å². The summed E-state index contributed by atoms with van der Waals surface area (Å²) < 4.78 is 1.41. The van der Waals surface area contributed by atoms with Gasteiger partial charge < -0.3 is 5.32 Å². The molecular formula is C19H14N4O2. The van der Waals surface area contributed by atoms with E-state index in [1.807, 2.05) is 18.2 Å². The number of rotatable bonds is 3. The van der Waals surface area contributed by atoms with E-state index in [1.54, 1.807) is 42.7 Å². The summed E-state index contributed by atoms with van der Waals surface area (Å²) in [6, 6.07) is 14.2. The molecule has 1 amide bonds. The Bertz CT molecular complexity index is 1140. The van der Waals surface area contributed by atoms with Gasteiger partial charge in [0.25, 0.3) is 11.5 Å². The van der Waals surface area contributed by atoms with Crippen LogP contribution in [0.2, 0.25) is 0 Å². The number of aromatic nitrogens is 3. The summed E-state index contributed by atoms with van der Waals surface area (Å²) in [4.78, 5) is 33.4. The zero-order chi connectivity index (χ0) is 17.2. The highest BCUT2D eigenvalue weighted by Gasteiger charge is 2.10. The smallest absolute Gasteiger partial charge is 0.265 e. The van der Waals surface area contributed by atoms with E-state index in [0.29, 0.717) is 28.7 Å². The van der Waals surface area contributed by atoms with E-state index in [4.69, 9.17) is 0 Å². The molecule has 0 radical (unpaired) electrons. The van der Waals surface area contributed by atoms with E-state index in [2.05, 4.69) is 15.3 Å². The van der Waals surface area contributed by atoms with Gasteiger partial charge in [-0.25, -0.2) is 4.98 Å². The van der Waals surface area contributed by atoms with Crippen LogP contribution in [0.5, 0.6) is 0 Å². The number of carbonyl (C=O) groups is 1. The van der Waals surface area contributed by atoms with Crippen LogP contribution in [-0.4, -0.2) is 20.3 Å². The van der Waals surface area contributed by atoms with Crippen LogP contribution in [0.1, 0.15) is 15.9 Å². The molecule has 0 unspecified atom stereocenters. The maximum absolute atomic E-state index is 12.6. The first-order chi connectivity index (χ1) is 12.2. The lowest BCUT2D eigenvalue weighted by molar-refractivity contribution is 0.0950. The number of nitrogens with one attached hydrogen (secondary N) is 1. The van der Waals surface area contributed by atoms with Crippen LogP contribution < -0.4 is 10.9 Å². The summed E-state index contributed by atoms with van der Waals surface area (Å²) >= 11 is 0. The predicted molar refractivity (Wildman–Crippen MR) is 94.4 cm³/mol. The highest BCUT2D eigenvalue weighted by atomic mass is 16.1. The van der Waals surface area contributed by atoms with Crippen molar-refractivity contribution in [1.82, 2.24) is 19.7 Å². The Morgan fingerprint density at radius 3 is 2.68 bits per heavy atom. The fourth-order valence-electron chi connectivity index (χ4n) is 2.67. The van der Waals surface area contributed by atoms with Gasteiger partial charge in [0.15, 0.2) is 0 Å². The molecule has 3 heterocycles. The van der Waals surface area contributed by atoms with Crippen LogP contribution in [0, 0.1) is 0 Å². The van der Waals surface area contributed by atoms with Gasteiger partial charge in [0.1, 0.15) is 5.65 Å². The fourth-order valence-corrected chi connectivity index (χ4v) is 2.67. The average molecular weight is 330 g/mol. The molecule has 1 aromatic carbocycles. The van der Waals surface area contributed by atoms with Crippen molar-refractivity contribution in [3.63, 3.8) is 0 Å². The zero-order valence-electron chi connectivity index (χ0n) is 13.2. The van der Waals surface area contributed by atoms with Crippen molar-refractivity contribution < 1.29 is 4.79 Å². The molecule has 3 aromatic heterocycles. The van der Waals surface area contributed by atoms with E-state index in [1.165, 1.54) is 10.6 Å². The van der Waals surface area contributed by atoms with Crippen LogP contribution in [0.25, 0.3) is 16.6 Å². The monoisotopic (exact) mass is 330 g/mol. The third kappa shape index (κ3) is 2.85. The Morgan fingerprint density at radius 1 is 1.04 bits per heavy atom. The predicted octanol–water partition coefficient (Wildman–Crippen LogP) is 2.17. The number of amides is 1. The molecule has 0 aliphatic carbocycles. The van der Waals surface area contributed by atoms with Gasteiger partial charge in [-0.1, -0.05) is 12.1 Å². The molecule has 0 aliphatic rings. The minimum absolute atomic E-state index is 0.190. The quantitative estimate of drug-likeness (QED) is 0.584. The Kier molecular flexibility index (Phi) is 3.70. The molecule has 0 aliphatic heterocycles. The molecule has 0 bridgehead atoms. The summed E-state index contributed by atoms with van der Waals surface area (Å²) in [6.45, 7) is 0.393. The van der Waals surface area contributed by atoms with Gasteiger partial charge in [-0.15, -0.1) is 0 Å². The zero-order valence-corrected chi connectivity index (χ0v) is 13.2. The standard InChI is InChI=1S/C19H14N4O2/c24-18(21-11-13-7-9-20-10-8-13)14-5-6-17-22-16-4-2-1-3-15(16)19(25)23(17)12-14/h1-10,12H,11H2,(H,21,24). The second kappa shape index (κ2) is 6.16. The van der Waals surface area contributed by atoms with Crippen molar-refractivity contribution in [3.8, 4) is 0 Å². The molecule has 0 saturated heterocycles. The molecule has 6 heteroatoms. The van der Waals surface area contributed by atoms with Crippen LogP contribution in [-0.2, 0) is 6.54 Å². The van der Waals surface area contributed by atoms with E-state index >= 15 is 0 Å². The summed E-state index contributed by atoms with van der Waals surface area (Å²) in [5.74, 6) is -0.251. The molecule has 25 heavy (non-hydrogen) atoms. The van der Waals surface area contributed by atoms with Gasteiger partial charge >= 0.3 is 0 Å². The molecule has 122 valence electrons. The molecule has 1 N–H and O–H groups in total. The molecule has 6 nitrogen and oxygen atoms in total. The average Bonchev–Trinajstić information content (AvgIpc) is 2.67. The van der Waals surface area contributed by atoms with Crippen LogP contribution >= 0.6 is 0 Å². The third-order valence-electron chi connectivity index (χ3n) is 3.98. The van der Waals surface area contributed by atoms with Gasteiger partial charge in [-0.3, -0.25) is 19.0 Å². The number of fused-ring (bicyclic) bond motifs is 2. The number of hydrogen-bond donors (Lipinski definition) is 1. The number of para-hydroxylation sites is 1. The van der Waals surface area contributed by atoms with Gasteiger partial charge in [0.2, 0.25) is 0 Å². The highest BCUT2D eigenvalue weighted by Crippen LogP contribution is 2.10. The van der Waals surface area contributed by atoms with E-state index < -0.39 is 0 Å².